The Labute approximate surface area is 143 Å². The maximum Gasteiger partial charge on any atom is 0.278 e. The van der Waals surface area contributed by atoms with Gasteiger partial charge in [0.2, 0.25) is 0 Å². The number of methoxy groups -OCH3 is 1. The molecule has 0 aliphatic carbocycles. The molecule has 2 heterocycles. The summed E-state index contributed by atoms with van der Waals surface area (Å²) in [5.74, 6) is 0.290. The zero-order chi connectivity index (χ0) is 17.3. The first-order chi connectivity index (χ1) is 11.4. The maximum atomic E-state index is 13.0. The molecule has 3 rings (SSSR count). The van der Waals surface area contributed by atoms with Crippen LogP contribution in [0, 0.1) is 5.41 Å². The summed E-state index contributed by atoms with van der Waals surface area (Å²) in [5, 5.41) is 4.40. The first-order valence-corrected chi connectivity index (χ1v) is 8.35. The van der Waals surface area contributed by atoms with Gasteiger partial charge >= 0.3 is 0 Å². The number of fused-ring (bicyclic) bond motifs is 1. The standard InChI is InChI=1S/C19H25N3O2/c1-19(2,3)15-13-22(17-8-6-5-7-14(15)17)18(23)16-9-10-21(20-16)11-12-24-4/h5-10,15H,11-13H2,1-4H3/t15-/m0/s1. The van der Waals surface area contributed by atoms with E-state index in [1.807, 2.05) is 29.3 Å². The molecule has 0 spiro atoms. The number of anilines is 1. The van der Waals surface area contributed by atoms with Gasteiger partial charge in [-0.15, -0.1) is 0 Å². The van der Waals surface area contributed by atoms with Gasteiger partial charge in [0.15, 0.2) is 5.69 Å². The maximum absolute atomic E-state index is 13.0. The van der Waals surface area contributed by atoms with Crippen LogP contribution in [-0.4, -0.2) is 35.9 Å². The van der Waals surface area contributed by atoms with E-state index in [1.165, 1.54) is 5.56 Å². The van der Waals surface area contributed by atoms with Crippen LogP contribution in [-0.2, 0) is 11.3 Å². The van der Waals surface area contributed by atoms with Gasteiger partial charge in [0, 0.05) is 31.5 Å². The van der Waals surface area contributed by atoms with Crippen molar-refractivity contribution in [2.75, 3.05) is 25.2 Å². The number of hydrogen-bond acceptors (Lipinski definition) is 3. The lowest BCUT2D eigenvalue weighted by Crippen LogP contribution is -2.32. The molecule has 0 unspecified atom stereocenters. The fourth-order valence-corrected chi connectivity index (χ4v) is 3.26. The lowest BCUT2D eigenvalue weighted by Gasteiger charge is -2.27. The van der Waals surface area contributed by atoms with Crippen LogP contribution < -0.4 is 4.90 Å². The molecule has 24 heavy (non-hydrogen) atoms. The second kappa shape index (κ2) is 6.40. The summed E-state index contributed by atoms with van der Waals surface area (Å²) in [5.41, 5.74) is 2.84. The highest BCUT2D eigenvalue weighted by Crippen LogP contribution is 2.45. The molecular formula is C19H25N3O2. The van der Waals surface area contributed by atoms with Crippen LogP contribution in [0.25, 0.3) is 0 Å². The average molecular weight is 327 g/mol. The molecule has 1 amide bonds. The predicted molar refractivity (Wildman–Crippen MR) is 94.4 cm³/mol. The Hall–Kier alpha value is -2.14. The molecule has 5 heteroatoms. The Balaban J connectivity index is 1.87. The summed E-state index contributed by atoms with van der Waals surface area (Å²) in [6.45, 7) is 8.59. The van der Waals surface area contributed by atoms with Crippen LogP contribution in [0.2, 0.25) is 0 Å². The highest BCUT2D eigenvalue weighted by atomic mass is 16.5. The van der Waals surface area contributed by atoms with E-state index in [-0.39, 0.29) is 11.3 Å². The molecule has 0 bridgehead atoms. The molecule has 0 N–H and O–H groups in total. The van der Waals surface area contributed by atoms with Crippen LogP contribution in [0.15, 0.2) is 36.5 Å². The molecule has 0 saturated carbocycles. The van der Waals surface area contributed by atoms with Gasteiger partial charge < -0.3 is 9.64 Å². The SMILES string of the molecule is COCCn1ccc(C(=O)N2C[C@H](C(C)(C)C)c3ccccc32)n1. The number of aromatic nitrogens is 2. The Morgan fingerprint density at radius 3 is 2.75 bits per heavy atom. The van der Waals surface area contributed by atoms with Crippen molar-refractivity contribution in [1.82, 2.24) is 9.78 Å². The molecule has 1 aliphatic rings. The Morgan fingerprint density at radius 1 is 1.29 bits per heavy atom. The fraction of sp³-hybridized carbons (Fsp3) is 0.474. The highest BCUT2D eigenvalue weighted by Gasteiger charge is 2.39. The smallest absolute Gasteiger partial charge is 0.278 e. The first-order valence-electron chi connectivity index (χ1n) is 8.35. The normalized spacial score (nSPS) is 17.2. The molecule has 0 fully saturated rings. The summed E-state index contributed by atoms with van der Waals surface area (Å²) in [6.07, 6.45) is 1.83. The summed E-state index contributed by atoms with van der Waals surface area (Å²) in [4.78, 5) is 14.9. The van der Waals surface area contributed by atoms with Gasteiger partial charge in [-0.05, 0) is 23.1 Å². The largest absolute Gasteiger partial charge is 0.383 e. The molecule has 0 radical (unpaired) electrons. The summed E-state index contributed by atoms with van der Waals surface area (Å²) >= 11 is 0. The number of para-hydroxylation sites is 1. The van der Waals surface area contributed by atoms with E-state index in [0.717, 1.165) is 5.69 Å². The quantitative estimate of drug-likeness (QED) is 0.865. The van der Waals surface area contributed by atoms with E-state index in [4.69, 9.17) is 4.74 Å². The molecule has 1 atom stereocenters. The molecule has 5 nitrogen and oxygen atoms in total. The number of hydrogen-bond donors (Lipinski definition) is 0. The van der Waals surface area contributed by atoms with Crippen molar-refractivity contribution in [3.05, 3.63) is 47.8 Å². The lowest BCUT2D eigenvalue weighted by atomic mass is 9.78. The Kier molecular flexibility index (Phi) is 4.45. The number of nitrogens with zero attached hydrogens (tertiary/aromatic N) is 3. The molecular weight excluding hydrogens is 302 g/mol. The fourth-order valence-electron chi connectivity index (χ4n) is 3.26. The highest BCUT2D eigenvalue weighted by molar-refractivity contribution is 6.06. The summed E-state index contributed by atoms with van der Waals surface area (Å²) in [7, 11) is 1.66. The van der Waals surface area contributed by atoms with Gasteiger partial charge in [-0.2, -0.15) is 5.10 Å². The van der Waals surface area contributed by atoms with E-state index in [1.54, 1.807) is 17.9 Å². The topological polar surface area (TPSA) is 47.4 Å². The van der Waals surface area contributed by atoms with E-state index >= 15 is 0 Å². The third-order valence-electron chi connectivity index (χ3n) is 4.64. The minimum Gasteiger partial charge on any atom is -0.383 e. The zero-order valence-electron chi connectivity index (χ0n) is 14.8. The van der Waals surface area contributed by atoms with Crippen LogP contribution in [0.4, 0.5) is 5.69 Å². The third kappa shape index (κ3) is 3.08. The van der Waals surface area contributed by atoms with E-state index in [2.05, 4.69) is 31.9 Å². The van der Waals surface area contributed by atoms with Crippen LogP contribution >= 0.6 is 0 Å². The van der Waals surface area contributed by atoms with Crippen molar-refractivity contribution in [3.8, 4) is 0 Å². The molecule has 2 aromatic rings. The van der Waals surface area contributed by atoms with E-state index in [9.17, 15) is 4.79 Å². The minimum absolute atomic E-state index is 0.0367. The van der Waals surface area contributed by atoms with Crippen LogP contribution in [0.3, 0.4) is 0 Å². The number of carbonyl (C=O) groups is 1. The van der Waals surface area contributed by atoms with Gasteiger partial charge in [0.25, 0.3) is 5.91 Å². The number of rotatable bonds is 4. The van der Waals surface area contributed by atoms with Crippen molar-refractivity contribution in [3.63, 3.8) is 0 Å². The molecule has 1 aromatic heterocycles. The molecule has 1 aliphatic heterocycles. The Morgan fingerprint density at radius 2 is 2.04 bits per heavy atom. The zero-order valence-corrected chi connectivity index (χ0v) is 14.8. The summed E-state index contributed by atoms with van der Waals surface area (Å²) in [6, 6.07) is 9.98. The van der Waals surface area contributed by atoms with Crippen molar-refractivity contribution in [1.29, 1.82) is 0 Å². The van der Waals surface area contributed by atoms with Gasteiger partial charge in [0.1, 0.15) is 0 Å². The number of benzene rings is 1. The van der Waals surface area contributed by atoms with Crippen LogP contribution in [0.1, 0.15) is 42.7 Å². The second-order valence-electron chi connectivity index (χ2n) is 7.35. The number of carbonyl (C=O) groups excluding carboxylic acids is 1. The van der Waals surface area contributed by atoms with Gasteiger partial charge in [-0.1, -0.05) is 39.0 Å². The van der Waals surface area contributed by atoms with Crippen molar-refractivity contribution in [2.24, 2.45) is 5.41 Å². The minimum atomic E-state index is -0.0367. The molecule has 1 aromatic carbocycles. The van der Waals surface area contributed by atoms with Gasteiger partial charge in [0.05, 0.1) is 13.2 Å². The second-order valence-corrected chi connectivity index (χ2v) is 7.35. The van der Waals surface area contributed by atoms with Gasteiger partial charge in [-0.3, -0.25) is 9.48 Å². The van der Waals surface area contributed by atoms with Crippen molar-refractivity contribution >= 4 is 11.6 Å². The predicted octanol–water partition coefficient (Wildman–Crippen LogP) is 3.32. The summed E-state index contributed by atoms with van der Waals surface area (Å²) < 4.78 is 6.81. The number of amides is 1. The lowest BCUT2D eigenvalue weighted by molar-refractivity contribution is 0.0979. The molecule has 128 valence electrons. The van der Waals surface area contributed by atoms with Gasteiger partial charge in [-0.25, -0.2) is 0 Å². The third-order valence-corrected chi connectivity index (χ3v) is 4.64. The van der Waals surface area contributed by atoms with E-state index < -0.39 is 0 Å². The first kappa shape index (κ1) is 16.7. The number of ether oxygens (including phenoxy) is 1. The van der Waals surface area contributed by atoms with E-state index in [0.29, 0.717) is 31.3 Å². The average Bonchev–Trinajstić information content (AvgIpc) is 3.16. The molecule has 0 saturated heterocycles. The monoisotopic (exact) mass is 327 g/mol. The Bertz CT molecular complexity index is 730. The van der Waals surface area contributed by atoms with Crippen molar-refractivity contribution < 1.29 is 9.53 Å². The van der Waals surface area contributed by atoms with Crippen molar-refractivity contribution in [2.45, 2.75) is 33.2 Å². The van der Waals surface area contributed by atoms with Crippen LogP contribution in [0.5, 0.6) is 0 Å².